The molecule has 1 heterocycles. The zero-order valence-electron chi connectivity index (χ0n) is 20.0. The van der Waals surface area contributed by atoms with Gasteiger partial charge < -0.3 is 14.5 Å². The third kappa shape index (κ3) is 3.28. The molecule has 6 rings (SSSR count). The number of rotatable bonds is 4. The Bertz CT molecular complexity index is 1460. The van der Waals surface area contributed by atoms with E-state index in [9.17, 15) is 5.11 Å². The zero-order valence-corrected chi connectivity index (χ0v) is 20.0. The summed E-state index contributed by atoms with van der Waals surface area (Å²) in [4.78, 5) is 0. The molecule has 0 saturated carbocycles. The number of aliphatic hydroxyl groups is 1. The SMILES string of the molecule is CC(C)(O)C(C)(C)O[B]C1=Cc2ccc3ccccc3c2C2Oc3cc4ccccc4cc3C12. The third-order valence-corrected chi connectivity index (χ3v) is 7.70. The molecule has 4 heteroatoms. The average molecular weight is 447 g/mol. The standard InChI is InChI=1S/C30H28BO3/c1-29(2,32)30(3,4)34-31-24-16-21-14-13-18-9-7-8-12-22(18)26(21)28-27(24)23-15-19-10-5-6-11-20(19)17-25(23)33-28/h5-17,27-28,32H,1-4H3. The maximum atomic E-state index is 10.6. The van der Waals surface area contributed by atoms with Crippen LogP contribution in [-0.2, 0) is 4.65 Å². The van der Waals surface area contributed by atoms with E-state index in [-0.39, 0.29) is 12.0 Å². The van der Waals surface area contributed by atoms with Crippen LogP contribution in [0.1, 0.15) is 56.4 Å². The molecule has 0 amide bonds. The van der Waals surface area contributed by atoms with Crippen LogP contribution in [0.5, 0.6) is 5.75 Å². The van der Waals surface area contributed by atoms with E-state index in [1.165, 1.54) is 32.7 Å². The van der Waals surface area contributed by atoms with Crippen LogP contribution in [0.25, 0.3) is 27.6 Å². The summed E-state index contributed by atoms with van der Waals surface area (Å²) in [5.74, 6) is 0.936. The molecule has 1 radical (unpaired) electrons. The van der Waals surface area contributed by atoms with Gasteiger partial charge in [-0.05, 0) is 66.9 Å². The van der Waals surface area contributed by atoms with Gasteiger partial charge in [0.15, 0.2) is 0 Å². The van der Waals surface area contributed by atoms with E-state index >= 15 is 0 Å². The zero-order chi connectivity index (χ0) is 23.7. The second kappa shape index (κ2) is 7.46. The fourth-order valence-corrected chi connectivity index (χ4v) is 5.02. The van der Waals surface area contributed by atoms with Gasteiger partial charge in [0.2, 0.25) is 0 Å². The molecule has 0 saturated heterocycles. The van der Waals surface area contributed by atoms with Gasteiger partial charge in [-0.1, -0.05) is 72.2 Å². The topological polar surface area (TPSA) is 38.7 Å². The van der Waals surface area contributed by atoms with E-state index in [2.05, 4.69) is 78.9 Å². The Kier molecular flexibility index (Phi) is 4.71. The normalized spacial score (nSPS) is 19.3. The van der Waals surface area contributed by atoms with E-state index in [0.29, 0.717) is 0 Å². The van der Waals surface area contributed by atoms with E-state index in [0.717, 1.165) is 16.8 Å². The summed E-state index contributed by atoms with van der Waals surface area (Å²) in [5.41, 5.74) is 2.86. The molecule has 34 heavy (non-hydrogen) atoms. The highest BCUT2D eigenvalue weighted by atomic mass is 16.5. The minimum absolute atomic E-state index is 0.00974. The largest absolute Gasteiger partial charge is 0.484 e. The smallest absolute Gasteiger partial charge is 0.327 e. The highest BCUT2D eigenvalue weighted by molar-refractivity contribution is 6.40. The maximum Gasteiger partial charge on any atom is 0.327 e. The molecule has 1 aliphatic heterocycles. The summed E-state index contributed by atoms with van der Waals surface area (Å²) < 4.78 is 13.0. The first kappa shape index (κ1) is 21.5. The number of ether oxygens (including phenoxy) is 1. The molecule has 0 spiro atoms. The fraction of sp³-hybridized carbons (Fsp3) is 0.267. The Morgan fingerprint density at radius 3 is 2.26 bits per heavy atom. The van der Waals surface area contributed by atoms with Gasteiger partial charge in [-0.15, -0.1) is 0 Å². The molecule has 1 N–H and O–H groups in total. The van der Waals surface area contributed by atoms with Crippen molar-refractivity contribution >= 4 is 35.1 Å². The predicted octanol–water partition coefficient (Wildman–Crippen LogP) is 6.75. The maximum absolute atomic E-state index is 10.6. The van der Waals surface area contributed by atoms with Gasteiger partial charge in [-0.25, -0.2) is 0 Å². The summed E-state index contributed by atoms with van der Waals surface area (Å²) in [6.45, 7) is 7.39. The van der Waals surface area contributed by atoms with E-state index in [4.69, 9.17) is 9.39 Å². The molecule has 0 bridgehead atoms. The second-order valence-corrected chi connectivity index (χ2v) is 10.5. The van der Waals surface area contributed by atoms with Crippen LogP contribution in [-0.4, -0.2) is 23.8 Å². The first-order valence-corrected chi connectivity index (χ1v) is 11.9. The molecule has 2 atom stereocenters. The van der Waals surface area contributed by atoms with Crippen LogP contribution in [0.3, 0.4) is 0 Å². The molecule has 4 aromatic rings. The van der Waals surface area contributed by atoms with Crippen molar-refractivity contribution in [2.75, 3.05) is 0 Å². The Labute approximate surface area is 201 Å². The second-order valence-electron chi connectivity index (χ2n) is 10.5. The van der Waals surface area contributed by atoms with Crippen LogP contribution in [0.2, 0.25) is 0 Å². The van der Waals surface area contributed by atoms with Crippen LogP contribution >= 0.6 is 0 Å². The highest BCUT2D eigenvalue weighted by Crippen LogP contribution is 2.55. The summed E-state index contributed by atoms with van der Waals surface area (Å²) in [6.07, 6.45) is 2.08. The van der Waals surface area contributed by atoms with E-state index in [1.54, 1.807) is 13.8 Å². The summed E-state index contributed by atoms with van der Waals surface area (Å²) in [7, 11) is 1.83. The number of fused-ring (bicyclic) bond motifs is 8. The monoisotopic (exact) mass is 447 g/mol. The minimum atomic E-state index is -0.994. The molecule has 169 valence electrons. The molecule has 1 aliphatic carbocycles. The lowest BCUT2D eigenvalue weighted by molar-refractivity contribution is -0.0898. The van der Waals surface area contributed by atoms with Crippen LogP contribution < -0.4 is 4.74 Å². The predicted molar refractivity (Wildman–Crippen MR) is 139 cm³/mol. The summed E-state index contributed by atoms with van der Waals surface area (Å²) in [6, 6.07) is 25.7. The molecule has 3 nitrogen and oxygen atoms in total. The molecule has 4 aromatic carbocycles. The lowest BCUT2D eigenvalue weighted by atomic mass is 9.66. The Balaban J connectivity index is 1.52. The Hall–Kier alpha value is -3.08. The number of hydrogen-bond acceptors (Lipinski definition) is 3. The average Bonchev–Trinajstić information content (AvgIpc) is 3.18. The van der Waals surface area contributed by atoms with Gasteiger partial charge in [0.1, 0.15) is 11.9 Å². The van der Waals surface area contributed by atoms with Crippen LogP contribution in [0, 0.1) is 0 Å². The van der Waals surface area contributed by atoms with Crippen molar-refractivity contribution in [2.45, 2.75) is 50.9 Å². The lowest BCUT2D eigenvalue weighted by Crippen LogP contribution is -2.48. The summed E-state index contributed by atoms with van der Waals surface area (Å²) >= 11 is 0. The van der Waals surface area contributed by atoms with Crippen molar-refractivity contribution < 1.29 is 14.5 Å². The van der Waals surface area contributed by atoms with Crippen molar-refractivity contribution in [1.82, 2.24) is 0 Å². The van der Waals surface area contributed by atoms with E-state index < -0.39 is 11.2 Å². The van der Waals surface area contributed by atoms with Gasteiger partial charge in [-0.2, -0.15) is 0 Å². The van der Waals surface area contributed by atoms with Crippen molar-refractivity contribution in [1.29, 1.82) is 0 Å². The van der Waals surface area contributed by atoms with Gasteiger partial charge in [0.05, 0.1) is 11.2 Å². The molecular weight excluding hydrogens is 419 g/mol. The Morgan fingerprint density at radius 1 is 0.853 bits per heavy atom. The van der Waals surface area contributed by atoms with Crippen molar-refractivity contribution in [3.8, 4) is 5.75 Å². The van der Waals surface area contributed by atoms with Gasteiger partial charge in [0, 0.05) is 17.0 Å². The minimum Gasteiger partial charge on any atom is -0.484 e. The summed E-state index contributed by atoms with van der Waals surface area (Å²) in [5, 5.41) is 15.4. The van der Waals surface area contributed by atoms with Crippen LogP contribution in [0.15, 0.2) is 78.3 Å². The van der Waals surface area contributed by atoms with Crippen molar-refractivity contribution in [3.05, 3.63) is 95.0 Å². The van der Waals surface area contributed by atoms with Crippen molar-refractivity contribution in [3.63, 3.8) is 0 Å². The highest BCUT2D eigenvalue weighted by Gasteiger charge is 2.44. The van der Waals surface area contributed by atoms with Crippen LogP contribution in [0.4, 0.5) is 0 Å². The Morgan fingerprint density at radius 2 is 1.53 bits per heavy atom. The molecule has 0 aromatic heterocycles. The first-order chi connectivity index (χ1) is 16.2. The van der Waals surface area contributed by atoms with Gasteiger partial charge >= 0.3 is 7.48 Å². The molecular formula is C30H28BO3. The van der Waals surface area contributed by atoms with Gasteiger partial charge in [0.25, 0.3) is 0 Å². The molecule has 0 fully saturated rings. The number of benzene rings is 4. The van der Waals surface area contributed by atoms with Gasteiger partial charge in [-0.3, -0.25) is 0 Å². The lowest BCUT2D eigenvalue weighted by Gasteiger charge is -2.38. The van der Waals surface area contributed by atoms with Crippen molar-refractivity contribution in [2.24, 2.45) is 0 Å². The number of hydrogen-bond donors (Lipinski definition) is 1. The quantitative estimate of drug-likeness (QED) is 0.352. The molecule has 2 aliphatic rings. The van der Waals surface area contributed by atoms with E-state index in [1.807, 2.05) is 21.3 Å². The fourth-order valence-electron chi connectivity index (χ4n) is 5.02. The molecule has 2 unspecified atom stereocenters. The third-order valence-electron chi connectivity index (χ3n) is 7.70. The first-order valence-electron chi connectivity index (χ1n) is 11.9.